The number of rotatable bonds is 3. The van der Waals surface area contributed by atoms with E-state index >= 15 is 0 Å². The number of carboxylic acids is 1. The quantitative estimate of drug-likeness (QED) is 0.778. The smallest absolute Gasteiger partial charge is 0.325 e. The highest BCUT2D eigenvalue weighted by molar-refractivity contribution is 6.33. The molecule has 0 saturated heterocycles. The highest BCUT2D eigenvalue weighted by atomic mass is 35.5. The number of halogens is 2. The van der Waals surface area contributed by atoms with Crippen molar-refractivity contribution >= 4 is 29.3 Å². The molecule has 0 saturated carbocycles. The van der Waals surface area contributed by atoms with Gasteiger partial charge in [0.25, 0.3) is 0 Å². The molecule has 0 aliphatic carbocycles. The zero-order valence-electron chi connectivity index (χ0n) is 8.83. The largest absolute Gasteiger partial charge is 0.480 e. The molecule has 1 atom stereocenters. The monoisotopic (exact) mass is 260 g/mol. The van der Waals surface area contributed by atoms with Crippen LogP contribution < -0.4 is 10.6 Å². The number of aliphatic carboxylic acids is 1. The van der Waals surface area contributed by atoms with Crippen molar-refractivity contribution in [2.45, 2.75) is 13.0 Å². The van der Waals surface area contributed by atoms with Gasteiger partial charge in [-0.05, 0) is 25.1 Å². The van der Waals surface area contributed by atoms with E-state index in [-0.39, 0.29) is 10.7 Å². The number of benzene rings is 1. The molecule has 0 aliphatic rings. The number of carboxylic acid groups (broad SMARTS) is 1. The van der Waals surface area contributed by atoms with Gasteiger partial charge in [0, 0.05) is 0 Å². The number of hydrogen-bond acceptors (Lipinski definition) is 2. The van der Waals surface area contributed by atoms with Crippen LogP contribution in [0.5, 0.6) is 0 Å². The summed E-state index contributed by atoms with van der Waals surface area (Å²) in [6, 6.07) is 1.64. The fraction of sp³-hybridized carbons (Fsp3) is 0.200. The van der Waals surface area contributed by atoms with Gasteiger partial charge in [-0.2, -0.15) is 0 Å². The Bertz CT molecular complexity index is 453. The van der Waals surface area contributed by atoms with Gasteiger partial charge in [-0.15, -0.1) is 0 Å². The molecule has 5 nitrogen and oxygen atoms in total. The summed E-state index contributed by atoms with van der Waals surface area (Å²) in [4.78, 5) is 21.8. The molecule has 0 radical (unpaired) electrons. The summed E-state index contributed by atoms with van der Waals surface area (Å²) in [5.74, 6) is -1.73. The minimum atomic E-state index is -1.18. The Balaban J connectivity index is 2.68. The van der Waals surface area contributed by atoms with Crippen LogP contribution in [0.15, 0.2) is 18.2 Å². The van der Waals surface area contributed by atoms with Gasteiger partial charge >= 0.3 is 12.0 Å². The van der Waals surface area contributed by atoms with Crippen LogP contribution in [0.1, 0.15) is 6.92 Å². The maximum atomic E-state index is 12.9. The summed E-state index contributed by atoms with van der Waals surface area (Å²) in [6.07, 6.45) is 0. The van der Waals surface area contributed by atoms with E-state index in [4.69, 9.17) is 16.7 Å². The van der Waals surface area contributed by atoms with Crippen LogP contribution in [0, 0.1) is 5.82 Å². The lowest BCUT2D eigenvalue weighted by Gasteiger charge is -2.11. The minimum Gasteiger partial charge on any atom is -0.480 e. The van der Waals surface area contributed by atoms with E-state index in [1.54, 1.807) is 0 Å². The van der Waals surface area contributed by atoms with Gasteiger partial charge in [0.1, 0.15) is 11.9 Å². The predicted octanol–water partition coefficient (Wildman–Crippen LogP) is 2.07. The molecule has 0 unspecified atom stereocenters. The van der Waals surface area contributed by atoms with Gasteiger partial charge in [-0.1, -0.05) is 11.6 Å². The molecule has 2 amide bonds. The first-order chi connectivity index (χ1) is 7.90. The molecule has 0 aromatic heterocycles. The van der Waals surface area contributed by atoms with E-state index in [1.165, 1.54) is 13.0 Å². The lowest BCUT2D eigenvalue weighted by atomic mass is 10.3. The van der Waals surface area contributed by atoms with Crippen LogP contribution in [-0.2, 0) is 4.79 Å². The third-order valence-electron chi connectivity index (χ3n) is 1.89. The molecule has 17 heavy (non-hydrogen) atoms. The second-order valence-corrected chi connectivity index (χ2v) is 3.69. The van der Waals surface area contributed by atoms with Crippen molar-refractivity contribution in [2.24, 2.45) is 0 Å². The first-order valence-corrected chi connectivity index (χ1v) is 5.03. The van der Waals surface area contributed by atoms with Gasteiger partial charge in [0.2, 0.25) is 0 Å². The number of carbonyl (C=O) groups is 2. The maximum absolute atomic E-state index is 12.9. The molecular formula is C10H10ClFN2O3. The van der Waals surface area contributed by atoms with Gasteiger partial charge < -0.3 is 15.7 Å². The summed E-state index contributed by atoms with van der Waals surface area (Å²) in [5, 5.41) is 13.1. The molecule has 7 heteroatoms. The van der Waals surface area contributed by atoms with E-state index in [9.17, 15) is 14.0 Å². The van der Waals surface area contributed by atoms with Crippen LogP contribution in [-0.4, -0.2) is 23.1 Å². The summed E-state index contributed by atoms with van der Waals surface area (Å²) in [5.41, 5.74) is 0.0711. The van der Waals surface area contributed by atoms with Crippen molar-refractivity contribution in [3.8, 4) is 0 Å². The van der Waals surface area contributed by atoms with Gasteiger partial charge in [-0.25, -0.2) is 9.18 Å². The van der Waals surface area contributed by atoms with Crippen molar-refractivity contribution < 1.29 is 19.1 Å². The lowest BCUT2D eigenvalue weighted by Crippen LogP contribution is -2.40. The highest BCUT2D eigenvalue weighted by Gasteiger charge is 2.14. The number of carbonyl (C=O) groups excluding carboxylic acids is 1. The number of amides is 2. The van der Waals surface area contributed by atoms with Crippen molar-refractivity contribution in [2.75, 3.05) is 5.32 Å². The number of hydrogen-bond donors (Lipinski definition) is 3. The third-order valence-corrected chi connectivity index (χ3v) is 2.22. The second kappa shape index (κ2) is 5.49. The molecule has 1 rings (SSSR count). The fourth-order valence-corrected chi connectivity index (χ4v) is 1.17. The zero-order chi connectivity index (χ0) is 13.0. The molecule has 1 aromatic carbocycles. The molecular weight excluding hydrogens is 251 g/mol. The van der Waals surface area contributed by atoms with Gasteiger partial charge in [-0.3, -0.25) is 4.79 Å². The Labute approximate surface area is 102 Å². The summed E-state index contributed by atoms with van der Waals surface area (Å²) in [7, 11) is 0. The normalized spacial score (nSPS) is 11.7. The molecule has 0 aliphatic heterocycles. The Kier molecular flexibility index (Phi) is 4.28. The van der Waals surface area contributed by atoms with Gasteiger partial charge in [0.05, 0.1) is 10.7 Å². The molecule has 0 fully saturated rings. The molecule has 1 aromatic rings. The van der Waals surface area contributed by atoms with E-state index < -0.39 is 23.9 Å². The lowest BCUT2D eigenvalue weighted by molar-refractivity contribution is -0.138. The zero-order valence-corrected chi connectivity index (χ0v) is 9.58. The first-order valence-electron chi connectivity index (χ1n) is 4.65. The van der Waals surface area contributed by atoms with E-state index in [1.807, 2.05) is 0 Å². The van der Waals surface area contributed by atoms with Crippen LogP contribution in [0.25, 0.3) is 0 Å². The minimum absolute atomic E-state index is 0.0711. The van der Waals surface area contributed by atoms with Crippen molar-refractivity contribution in [1.82, 2.24) is 5.32 Å². The van der Waals surface area contributed by atoms with Crippen LogP contribution in [0.2, 0.25) is 5.02 Å². The topological polar surface area (TPSA) is 78.4 Å². The second-order valence-electron chi connectivity index (χ2n) is 3.28. The molecule has 0 spiro atoms. The first kappa shape index (κ1) is 13.2. The summed E-state index contributed by atoms with van der Waals surface area (Å²) in [6.45, 7) is 1.30. The van der Waals surface area contributed by atoms with E-state index in [2.05, 4.69) is 10.6 Å². The molecule has 0 heterocycles. The van der Waals surface area contributed by atoms with Crippen molar-refractivity contribution in [3.63, 3.8) is 0 Å². The van der Waals surface area contributed by atoms with Crippen molar-refractivity contribution in [1.29, 1.82) is 0 Å². The average Bonchev–Trinajstić information content (AvgIpc) is 2.23. The van der Waals surface area contributed by atoms with Gasteiger partial charge in [0.15, 0.2) is 0 Å². The number of urea groups is 1. The Morgan fingerprint density at radius 1 is 1.47 bits per heavy atom. The summed E-state index contributed by atoms with van der Waals surface area (Å²) < 4.78 is 12.9. The number of nitrogens with one attached hydrogen (secondary N) is 2. The maximum Gasteiger partial charge on any atom is 0.325 e. The molecule has 92 valence electrons. The van der Waals surface area contributed by atoms with E-state index in [0.717, 1.165) is 12.1 Å². The summed E-state index contributed by atoms with van der Waals surface area (Å²) >= 11 is 5.71. The Hall–Kier alpha value is -1.82. The predicted molar refractivity (Wildman–Crippen MR) is 60.7 cm³/mol. The molecule has 0 bridgehead atoms. The van der Waals surface area contributed by atoms with Crippen LogP contribution in [0.3, 0.4) is 0 Å². The standard InChI is InChI=1S/C10H10ClFN2O3/c1-5(9(15)16)13-10(17)14-8-4-6(12)2-3-7(8)11/h2-5H,1H3,(H,15,16)(H2,13,14,17)/t5-/m0/s1. The van der Waals surface area contributed by atoms with Crippen LogP contribution in [0.4, 0.5) is 14.9 Å². The Morgan fingerprint density at radius 3 is 2.71 bits per heavy atom. The molecule has 3 N–H and O–H groups in total. The average molecular weight is 261 g/mol. The number of anilines is 1. The van der Waals surface area contributed by atoms with Crippen LogP contribution >= 0.6 is 11.6 Å². The highest BCUT2D eigenvalue weighted by Crippen LogP contribution is 2.22. The Morgan fingerprint density at radius 2 is 2.12 bits per heavy atom. The van der Waals surface area contributed by atoms with Crippen molar-refractivity contribution in [3.05, 3.63) is 29.0 Å². The SMILES string of the molecule is C[C@H](NC(=O)Nc1cc(F)ccc1Cl)C(=O)O. The fourth-order valence-electron chi connectivity index (χ4n) is 1.01. The van der Waals surface area contributed by atoms with E-state index in [0.29, 0.717) is 0 Å². The third kappa shape index (κ3) is 3.92.